The van der Waals surface area contributed by atoms with Crippen molar-refractivity contribution in [2.24, 2.45) is 5.73 Å². The molecule has 1 amide bonds. The molecule has 0 spiro atoms. The average Bonchev–Trinajstić information content (AvgIpc) is 2.37. The minimum Gasteiger partial charge on any atom is -0.398 e. The molecule has 0 fully saturated rings. The van der Waals surface area contributed by atoms with Gasteiger partial charge in [0.1, 0.15) is 4.90 Å². The van der Waals surface area contributed by atoms with Crippen LogP contribution in [0.1, 0.15) is 37.6 Å². The smallest absolute Gasteiger partial charge is 0.248 e. The molecule has 0 unspecified atom stereocenters. The lowest BCUT2D eigenvalue weighted by atomic mass is 10.0. The quantitative estimate of drug-likeness (QED) is 0.796. The molecule has 1 aromatic rings. The summed E-state index contributed by atoms with van der Waals surface area (Å²) in [5, 5.41) is 0. The second kappa shape index (κ2) is 5.41. The topological polar surface area (TPSA) is 106 Å². The molecular weight excluding hydrogens is 278 g/mol. The van der Waals surface area contributed by atoms with Gasteiger partial charge in [-0.05, 0) is 38.5 Å². The highest BCUT2D eigenvalue weighted by atomic mass is 32.2. The van der Waals surface area contributed by atoms with Crippen molar-refractivity contribution >= 4 is 21.6 Å². The second-order valence-corrected chi connectivity index (χ2v) is 7.19. The number of primary amides is 1. The van der Waals surface area contributed by atoms with Crippen molar-refractivity contribution in [2.45, 2.75) is 37.6 Å². The number of rotatable bonds is 5. The van der Waals surface area contributed by atoms with E-state index in [0.717, 1.165) is 0 Å². The third kappa shape index (κ3) is 2.94. The summed E-state index contributed by atoms with van der Waals surface area (Å²) < 4.78 is 26.4. The van der Waals surface area contributed by atoms with E-state index in [4.69, 9.17) is 11.5 Å². The Morgan fingerprint density at radius 1 is 1.35 bits per heavy atom. The molecule has 20 heavy (non-hydrogen) atoms. The lowest BCUT2D eigenvalue weighted by Crippen LogP contribution is -2.44. The average molecular weight is 299 g/mol. The van der Waals surface area contributed by atoms with Crippen molar-refractivity contribution in [3.8, 4) is 0 Å². The number of nitrogens with zero attached hydrogens (tertiary/aromatic N) is 1. The molecule has 0 aliphatic carbocycles. The summed E-state index contributed by atoms with van der Waals surface area (Å²) in [5.74, 6) is -0.650. The fourth-order valence-corrected chi connectivity index (χ4v) is 3.30. The molecule has 4 N–H and O–H groups in total. The molecule has 0 saturated carbocycles. The van der Waals surface area contributed by atoms with Crippen LogP contribution in [0.5, 0.6) is 0 Å². The maximum atomic E-state index is 12.6. The maximum Gasteiger partial charge on any atom is 0.248 e. The van der Waals surface area contributed by atoms with Crippen LogP contribution < -0.4 is 11.5 Å². The van der Waals surface area contributed by atoms with Crippen LogP contribution >= 0.6 is 0 Å². The first kappa shape index (κ1) is 16.5. The molecule has 0 atom stereocenters. The zero-order chi connectivity index (χ0) is 15.7. The van der Waals surface area contributed by atoms with Crippen molar-refractivity contribution in [1.82, 2.24) is 4.31 Å². The van der Waals surface area contributed by atoms with Gasteiger partial charge < -0.3 is 11.5 Å². The van der Waals surface area contributed by atoms with Gasteiger partial charge in [0.25, 0.3) is 0 Å². The number of benzene rings is 1. The number of nitrogens with two attached hydrogens (primary N) is 2. The Balaban J connectivity index is 3.34. The number of hydrogen-bond donors (Lipinski definition) is 2. The number of amides is 1. The van der Waals surface area contributed by atoms with Gasteiger partial charge in [-0.3, -0.25) is 4.79 Å². The van der Waals surface area contributed by atoms with Gasteiger partial charge in [-0.1, -0.05) is 6.92 Å². The molecule has 0 saturated heterocycles. The number of hydrogen-bond acceptors (Lipinski definition) is 4. The molecule has 0 heterocycles. The van der Waals surface area contributed by atoms with Gasteiger partial charge in [0, 0.05) is 18.2 Å². The van der Waals surface area contributed by atoms with Crippen LogP contribution in [-0.4, -0.2) is 31.2 Å². The summed E-state index contributed by atoms with van der Waals surface area (Å²) in [5.41, 5.74) is 10.6. The van der Waals surface area contributed by atoms with Crippen molar-refractivity contribution in [1.29, 1.82) is 0 Å². The van der Waals surface area contributed by atoms with Gasteiger partial charge in [0.2, 0.25) is 15.9 Å². The molecule has 7 heteroatoms. The van der Waals surface area contributed by atoms with Crippen LogP contribution in [0, 0.1) is 0 Å². The van der Waals surface area contributed by atoms with Gasteiger partial charge >= 0.3 is 0 Å². The SMILES string of the molecule is CCC(C)(C)N(C)S(=O)(=O)c1ccc(C(N)=O)cc1N. The summed E-state index contributed by atoms with van der Waals surface area (Å²) in [6, 6.07) is 3.95. The van der Waals surface area contributed by atoms with Crippen molar-refractivity contribution in [2.75, 3.05) is 12.8 Å². The van der Waals surface area contributed by atoms with Crippen molar-refractivity contribution in [3.63, 3.8) is 0 Å². The molecule has 0 aliphatic heterocycles. The molecule has 0 aliphatic rings. The first-order chi connectivity index (χ1) is 9.04. The van der Waals surface area contributed by atoms with E-state index in [1.807, 2.05) is 20.8 Å². The Morgan fingerprint density at radius 2 is 1.90 bits per heavy atom. The third-order valence-electron chi connectivity index (χ3n) is 3.65. The summed E-state index contributed by atoms with van der Waals surface area (Å²) >= 11 is 0. The number of carbonyl (C=O) groups is 1. The van der Waals surface area contributed by atoms with E-state index in [0.29, 0.717) is 6.42 Å². The van der Waals surface area contributed by atoms with E-state index in [1.54, 1.807) is 0 Å². The Morgan fingerprint density at radius 3 is 2.30 bits per heavy atom. The second-order valence-electron chi connectivity index (χ2n) is 5.26. The minimum absolute atomic E-state index is 0.0139. The highest BCUT2D eigenvalue weighted by Crippen LogP contribution is 2.28. The Kier molecular flexibility index (Phi) is 4.45. The predicted octanol–water partition coefficient (Wildman–Crippen LogP) is 1.18. The summed E-state index contributed by atoms with van der Waals surface area (Å²) in [6.07, 6.45) is 0.655. The largest absolute Gasteiger partial charge is 0.398 e. The van der Waals surface area contributed by atoms with E-state index in [9.17, 15) is 13.2 Å². The molecule has 1 rings (SSSR count). The number of carbonyl (C=O) groups excluding carboxylic acids is 1. The zero-order valence-corrected chi connectivity index (χ0v) is 13.0. The zero-order valence-electron chi connectivity index (χ0n) is 12.2. The van der Waals surface area contributed by atoms with Gasteiger partial charge in [0.05, 0.1) is 5.69 Å². The summed E-state index contributed by atoms with van der Waals surface area (Å²) in [7, 11) is -2.21. The Hall–Kier alpha value is -1.60. The number of anilines is 1. The van der Waals surface area contributed by atoms with Crippen LogP contribution in [0.3, 0.4) is 0 Å². The molecule has 6 nitrogen and oxygen atoms in total. The van der Waals surface area contributed by atoms with Gasteiger partial charge in [-0.15, -0.1) is 0 Å². The van der Waals surface area contributed by atoms with E-state index < -0.39 is 21.5 Å². The standard InChI is InChI=1S/C13H21N3O3S/c1-5-13(2,3)16(4)20(18,19)11-7-6-9(12(15)17)8-10(11)14/h6-8H,5,14H2,1-4H3,(H2,15,17). The molecular formula is C13H21N3O3S. The fourth-order valence-electron chi connectivity index (χ4n) is 1.63. The first-order valence-electron chi connectivity index (χ1n) is 6.22. The van der Waals surface area contributed by atoms with Crippen molar-refractivity contribution < 1.29 is 13.2 Å². The highest BCUT2D eigenvalue weighted by Gasteiger charge is 2.33. The minimum atomic E-state index is -3.73. The fraction of sp³-hybridized carbons (Fsp3) is 0.462. The molecule has 1 aromatic carbocycles. The monoisotopic (exact) mass is 299 g/mol. The Labute approximate surface area is 119 Å². The molecule has 0 aromatic heterocycles. The van der Waals surface area contributed by atoms with Gasteiger partial charge in [0.15, 0.2) is 0 Å². The van der Waals surface area contributed by atoms with E-state index in [1.165, 1.54) is 29.6 Å². The van der Waals surface area contributed by atoms with Crippen LogP contribution in [0.25, 0.3) is 0 Å². The highest BCUT2D eigenvalue weighted by molar-refractivity contribution is 7.89. The number of sulfonamides is 1. The summed E-state index contributed by atoms with van der Waals surface area (Å²) in [4.78, 5) is 11.0. The first-order valence-corrected chi connectivity index (χ1v) is 7.66. The summed E-state index contributed by atoms with van der Waals surface area (Å²) in [6.45, 7) is 5.57. The van der Waals surface area contributed by atoms with Crippen molar-refractivity contribution in [3.05, 3.63) is 23.8 Å². The molecule has 112 valence electrons. The van der Waals surface area contributed by atoms with Crippen LogP contribution in [0.15, 0.2) is 23.1 Å². The number of nitrogen functional groups attached to an aromatic ring is 1. The molecule has 0 radical (unpaired) electrons. The van der Waals surface area contributed by atoms with Crippen LogP contribution in [0.4, 0.5) is 5.69 Å². The lowest BCUT2D eigenvalue weighted by Gasteiger charge is -2.34. The normalized spacial score (nSPS) is 12.7. The maximum absolute atomic E-state index is 12.6. The van der Waals surface area contributed by atoms with Gasteiger partial charge in [-0.25, -0.2) is 8.42 Å². The third-order valence-corrected chi connectivity index (χ3v) is 5.79. The Bertz CT molecular complexity index is 624. The van der Waals surface area contributed by atoms with E-state index in [-0.39, 0.29) is 16.1 Å². The van der Waals surface area contributed by atoms with E-state index >= 15 is 0 Å². The van der Waals surface area contributed by atoms with E-state index in [2.05, 4.69) is 0 Å². The van der Waals surface area contributed by atoms with Crippen LogP contribution in [0.2, 0.25) is 0 Å². The lowest BCUT2D eigenvalue weighted by molar-refractivity contribution is 0.1000. The predicted molar refractivity (Wildman–Crippen MR) is 78.7 cm³/mol. The van der Waals surface area contributed by atoms with Crippen LogP contribution in [-0.2, 0) is 10.0 Å². The van der Waals surface area contributed by atoms with Gasteiger partial charge in [-0.2, -0.15) is 4.31 Å². The molecule has 0 bridgehead atoms.